The van der Waals surface area contributed by atoms with Crippen molar-refractivity contribution in [2.45, 2.75) is 107 Å². The molecule has 5 nitrogen and oxygen atoms in total. The predicted molar refractivity (Wildman–Crippen MR) is 143 cm³/mol. The number of thiocarbonyl (C=S) groups is 1. The van der Waals surface area contributed by atoms with Crippen molar-refractivity contribution in [2.24, 2.45) is 5.92 Å². The number of hydrogen-bond acceptors (Lipinski definition) is 3. The van der Waals surface area contributed by atoms with Crippen LogP contribution in [0.1, 0.15) is 84.5 Å². The Balaban J connectivity index is 0.00000298. The number of alkyl halides is 6. The number of piperidine rings is 1. The summed E-state index contributed by atoms with van der Waals surface area (Å²) < 4.78 is 35.8. The van der Waals surface area contributed by atoms with Gasteiger partial charge in [0.05, 0.1) is 6.54 Å². The molecule has 1 aliphatic heterocycles. The molecule has 2 fully saturated rings. The van der Waals surface area contributed by atoms with Crippen LogP contribution in [0.3, 0.4) is 0 Å². The molecule has 0 aromatic heterocycles. The molecule has 206 valence electrons. The zero-order chi connectivity index (χ0) is 26.5. The van der Waals surface area contributed by atoms with Crippen LogP contribution >= 0.6 is 47.0 Å². The summed E-state index contributed by atoms with van der Waals surface area (Å²) in [5.41, 5.74) is 0. The summed E-state index contributed by atoms with van der Waals surface area (Å²) in [7, 11) is 0. The summed E-state index contributed by atoms with van der Waals surface area (Å²) in [6.45, 7) is 3.71. The molecule has 1 aliphatic carbocycles. The largest absolute Gasteiger partial charge is 0.401 e. The average molecular weight is 584 g/mol. The van der Waals surface area contributed by atoms with Crippen molar-refractivity contribution in [3.8, 4) is 0 Å². The topological polar surface area (TPSA) is 56.4 Å². The summed E-state index contributed by atoms with van der Waals surface area (Å²) in [6.07, 6.45) is 5.45. The third-order valence-corrected chi connectivity index (χ3v) is 7.13. The zero-order valence-electron chi connectivity index (χ0n) is 20.7. The van der Waals surface area contributed by atoms with Crippen LogP contribution in [-0.2, 0) is 4.79 Å². The number of carbonyl (C=O) groups excluding carboxylic acids is 1. The molecule has 1 amide bonds. The minimum absolute atomic E-state index is 0.0967. The summed E-state index contributed by atoms with van der Waals surface area (Å²) in [6, 6.07) is -0.0967. The molecule has 1 unspecified atom stereocenters. The molecule has 1 atom stereocenters. The molecule has 0 aromatic carbocycles. The van der Waals surface area contributed by atoms with E-state index in [-0.39, 0.29) is 17.1 Å². The Morgan fingerprint density at radius 2 is 1.51 bits per heavy atom. The van der Waals surface area contributed by atoms with Gasteiger partial charge in [-0.15, -0.1) is 0 Å². The second-order valence-corrected chi connectivity index (χ2v) is 11.9. The third kappa shape index (κ3) is 14.9. The van der Waals surface area contributed by atoms with Crippen LogP contribution in [0.25, 0.3) is 0 Å². The number of hydrogen-bond donors (Lipinski definition) is 3. The monoisotopic (exact) mass is 582 g/mol. The zero-order valence-corrected chi connectivity index (χ0v) is 23.7. The van der Waals surface area contributed by atoms with Crippen LogP contribution in [0.4, 0.5) is 13.2 Å². The van der Waals surface area contributed by atoms with Crippen molar-refractivity contribution in [3.05, 3.63) is 0 Å². The Morgan fingerprint density at radius 3 is 2.03 bits per heavy atom. The van der Waals surface area contributed by atoms with E-state index >= 15 is 0 Å². The van der Waals surface area contributed by atoms with Gasteiger partial charge in [0.25, 0.3) is 0 Å². The molecule has 35 heavy (non-hydrogen) atoms. The summed E-state index contributed by atoms with van der Waals surface area (Å²) >= 11 is 23.5. The van der Waals surface area contributed by atoms with E-state index in [1.54, 1.807) is 0 Å². The molecule has 2 aliphatic rings. The molecular weight excluding hydrogens is 544 g/mol. The standard InChI is InChI=1S/C21H34Cl3F3N4OS.C2H6/c22-21(23,24)18(29-17(32)9-8-15-6-4-2-1-3-5-7-15)30-19(33)28-16-10-12-31(13-11-16)14-20(25,26)27;1-2/h15-16,18H,1-14H2,(H,29,32)(H2,28,30,33);1-2H3. The van der Waals surface area contributed by atoms with Gasteiger partial charge in [0.2, 0.25) is 9.70 Å². The molecule has 1 heterocycles. The fourth-order valence-corrected chi connectivity index (χ4v) is 5.06. The lowest BCUT2D eigenvalue weighted by Crippen LogP contribution is -2.59. The van der Waals surface area contributed by atoms with Gasteiger partial charge in [-0.2, -0.15) is 13.2 Å². The molecule has 1 saturated carbocycles. The Bertz CT molecular complexity index is 622. The van der Waals surface area contributed by atoms with Crippen molar-refractivity contribution in [1.29, 1.82) is 0 Å². The van der Waals surface area contributed by atoms with Gasteiger partial charge in [0.15, 0.2) is 5.11 Å². The van der Waals surface area contributed by atoms with E-state index in [2.05, 4.69) is 16.0 Å². The van der Waals surface area contributed by atoms with Crippen LogP contribution in [0, 0.1) is 5.92 Å². The number of carbonyl (C=O) groups is 1. The first-order chi connectivity index (χ1) is 16.4. The first-order valence-corrected chi connectivity index (χ1v) is 14.2. The normalized spacial score (nSPS) is 20.0. The van der Waals surface area contributed by atoms with Crippen molar-refractivity contribution in [3.63, 3.8) is 0 Å². The van der Waals surface area contributed by atoms with Crippen LogP contribution < -0.4 is 16.0 Å². The number of likely N-dealkylation sites (tertiary alicyclic amines) is 1. The number of halogens is 6. The second-order valence-electron chi connectivity index (χ2n) is 9.08. The Kier molecular flexibility index (Phi) is 15.5. The van der Waals surface area contributed by atoms with Crippen LogP contribution in [-0.4, -0.2) is 57.7 Å². The predicted octanol–water partition coefficient (Wildman–Crippen LogP) is 6.46. The van der Waals surface area contributed by atoms with Crippen molar-refractivity contribution < 1.29 is 18.0 Å². The van der Waals surface area contributed by atoms with E-state index in [1.165, 1.54) is 37.0 Å². The SMILES string of the molecule is CC.O=C(CCC1CCCCCCC1)NC(NC(=S)NC1CCN(CC(F)(F)F)CC1)C(Cl)(Cl)Cl. The Morgan fingerprint density at radius 1 is 0.971 bits per heavy atom. The smallest absolute Gasteiger partial charge is 0.360 e. The van der Waals surface area contributed by atoms with Gasteiger partial charge in [-0.25, -0.2) is 0 Å². The fourth-order valence-electron chi connectivity index (χ4n) is 4.44. The van der Waals surface area contributed by atoms with E-state index in [9.17, 15) is 18.0 Å². The number of nitrogens with zero attached hydrogens (tertiary/aromatic N) is 1. The number of rotatable bonds is 7. The molecular formula is C23H40Cl3F3N4OS. The molecule has 0 aromatic rings. The maximum atomic E-state index is 12.5. The highest BCUT2D eigenvalue weighted by Gasteiger charge is 2.36. The quantitative estimate of drug-likeness (QED) is 0.183. The lowest BCUT2D eigenvalue weighted by Gasteiger charge is -2.34. The van der Waals surface area contributed by atoms with E-state index in [1.807, 2.05) is 13.8 Å². The maximum absolute atomic E-state index is 12.5. The van der Waals surface area contributed by atoms with Crippen LogP contribution in [0.5, 0.6) is 0 Å². The molecule has 2 rings (SSSR count). The lowest BCUT2D eigenvalue weighted by atomic mass is 9.88. The van der Waals surface area contributed by atoms with E-state index in [0.717, 1.165) is 19.3 Å². The summed E-state index contributed by atoms with van der Waals surface area (Å²) in [5, 5.41) is 8.80. The van der Waals surface area contributed by atoms with Gasteiger partial charge in [-0.1, -0.05) is 93.6 Å². The van der Waals surface area contributed by atoms with E-state index in [0.29, 0.717) is 38.3 Å². The van der Waals surface area contributed by atoms with Gasteiger partial charge in [-0.3, -0.25) is 9.69 Å². The average Bonchev–Trinajstić information content (AvgIpc) is 2.73. The maximum Gasteiger partial charge on any atom is 0.401 e. The molecule has 0 radical (unpaired) electrons. The molecule has 0 spiro atoms. The van der Waals surface area contributed by atoms with Crippen molar-refractivity contribution >= 4 is 58.0 Å². The first-order valence-electron chi connectivity index (χ1n) is 12.6. The Labute approximate surface area is 228 Å². The van der Waals surface area contributed by atoms with Gasteiger partial charge in [-0.05, 0) is 37.4 Å². The molecule has 3 N–H and O–H groups in total. The minimum Gasteiger partial charge on any atom is -0.360 e. The highest BCUT2D eigenvalue weighted by molar-refractivity contribution is 7.80. The summed E-state index contributed by atoms with van der Waals surface area (Å²) in [5.74, 6) is 0.324. The van der Waals surface area contributed by atoms with E-state index < -0.39 is 22.7 Å². The van der Waals surface area contributed by atoms with Crippen molar-refractivity contribution in [1.82, 2.24) is 20.9 Å². The Hall–Kier alpha value is -0.220. The molecule has 1 saturated heterocycles. The minimum atomic E-state index is -4.21. The highest BCUT2D eigenvalue weighted by atomic mass is 35.6. The summed E-state index contributed by atoms with van der Waals surface area (Å²) in [4.78, 5) is 13.9. The van der Waals surface area contributed by atoms with Crippen LogP contribution in [0.15, 0.2) is 0 Å². The number of amides is 1. The van der Waals surface area contributed by atoms with Gasteiger partial charge in [0.1, 0.15) is 6.17 Å². The van der Waals surface area contributed by atoms with Gasteiger partial charge >= 0.3 is 6.18 Å². The van der Waals surface area contributed by atoms with Gasteiger partial charge < -0.3 is 16.0 Å². The van der Waals surface area contributed by atoms with Gasteiger partial charge in [0, 0.05) is 25.6 Å². The lowest BCUT2D eigenvalue weighted by molar-refractivity contribution is -0.148. The highest BCUT2D eigenvalue weighted by Crippen LogP contribution is 2.30. The van der Waals surface area contributed by atoms with Crippen molar-refractivity contribution in [2.75, 3.05) is 19.6 Å². The first kappa shape index (κ1) is 32.8. The third-order valence-electron chi connectivity index (χ3n) is 6.24. The van der Waals surface area contributed by atoms with E-state index in [4.69, 9.17) is 47.0 Å². The molecule has 12 heteroatoms. The second kappa shape index (κ2) is 16.6. The fraction of sp³-hybridized carbons (Fsp3) is 0.913. The number of nitrogens with one attached hydrogen (secondary N) is 3. The van der Waals surface area contributed by atoms with Crippen LogP contribution in [0.2, 0.25) is 0 Å². The molecule has 0 bridgehead atoms.